The highest BCUT2D eigenvalue weighted by molar-refractivity contribution is 5.90. The number of hydrogen-bond acceptors (Lipinski definition) is 4. The number of aliphatic hydroxyl groups excluding tert-OH is 1. The Balaban J connectivity index is 2.87. The van der Waals surface area contributed by atoms with Gasteiger partial charge in [0.15, 0.2) is 6.29 Å². The predicted octanol–water partition coefficient (Wildman–Crippen LogP) is -0.182. The summed E-state index contributed by atoms with van der Waals surface area (Å²) in [5.41, 5.74) is 5.62. The molecule has 0 fully saturated rings. The van der Waals surface area contributed by atoms with Crippen molar-refractivity contribution in [3.05, 3.63) is 29.6 Å². The van der Waals surface area contributed by atoms with Crippen LogP contribution in [0, 0.1) is 0 Å². The maximum absolute atomic E-state index is 10.6. The van der Waals surface area contributed by atoms with Crippen LogP contribution < -0.4 is 5.73 Å². The summed E-state index contributed by atoms with van der Waals surface area (Å²) < 4.78 is 4.64. The Morgan fingerprint density at radius 1 is 1.69 bits per heavy atom. The van der Waals surface area contributed by atoms with E-state index in [0.717, 1.165) is 0 Å². The summed E-state index contributed by atoms with van der Waals surface area (Å²) in [6, 6.07) is 2.96. The van der Waals surface area contributed by atoms with Gasteiger partial charge in [-0.2, -0.15) is 0 Å². The highest BCUT2D eigenvalue weighted by Gasteiger charge is 2.07. The number of aromatic nitrogens is 1. The quantitative estimate of drug-likeness (QED) is 0.635. The van der Waals surface area contributed by atoms with Crippen LogP contribution in [0.4, 0.5) is 0 Å². The molecule has 1 heterocycles. The normalized spacial score (nSPS) is 12.5. The van der Waals surface area contributed by atoms with E-state index in [-0.39, 0.29) is 5.69 Å². The van der Waals surface area contributed by atoms with E-state index in [1.54, 1.807) is 0 Å². The maximum atomic E-state index is 10.6. The van der Waals surface area contributed by atoms with Gasteiger partial charge in [0.25, 0.3) is 5.91 Å². The number of pyridine rings is 1. The van der Waals surface area contributed by atoms with E-state index < -0.39 is 12.2 Å². The van der Waals surface area contributed by atoms with Gasteiger partial charge in [-0.15, -0.1) is 0 Å². The Hall–Kier alpha value is -1.46. The summed E-state index contributed by atoms with van der Waals surface area (Å²) in [6.45, 7) is 0. The third-order valence-corrected chi connectivity index (χ3v) is 1.55. The second-order valence-corrected chi connectivity index (χ2v) is 2.43. The third kappa shape index (κ3) is 2.24. The van der Waals surface area contributed by atoms with Crippen molar-refractivity contribution in [1.29, 1.82) is 0 Å². The zero-order valence-electron chi connectivity index (χ0n) is 7.10. The van der Waals surface area contributed by atoms with Gasteiger partial charge in [0, 0.05) is 18.9 Å². The Labute approximate surface area is 75.2 Å². The van der Waals surface area contributed by atoms with Crippen LogP contribution >= 0.6 is 0 Å². The first-order valence-electron chi connectivity index (χ1n) is 3.61. The van der Waals surface area contributed by atoms with Gasteiger partial charge >= 0.3 is 0 Å². The van der Waals surface area contributed by atoms with E-state index in [2.05, 4.69) is 9.72 Å². The fraction of sp³-hybridized carbons (Fsp3) is 0.250. The summed E-state index contributed by atoms with van der Waals surface area (Å²) in [6.07, 6.45) is 0.322. The molecule has 5 nitrogen and oxygen atoms in total. The molecule has 0 aliphatic heterocycles. The first kappa shape index (κ1) is 9.63. The summed E-state index contributed by atoms with van der Waals surface area (Å²) in [7, 11) is 1.37. The molecule has 0 aliphatic rings. The highest BCUT2D eigenvalue weighted by atomic mass is 16.6. The number of nitrogens with two attached hydrogens (primary N) is 1. The molecule has 70 valence electrons. The molecule has 1 atom stereocenters. The van der Waals surface area contributed by atoms with Gasteiger partial charge < -0.3 is 15.6 Å². The Bertz CT molecular complexity index is 297. The minimum Gasteiger partial charge on any atom is -0.364 e. The van der Waals surface area contributed by atoms with Gasteiger partial charge in [-0.05, 0) is 6.07 Å². The maximum Gasteiger partial charge on any atom is 0.267 e. The number of nitrogens with zero attached hydrogens (tertiary/aromatic N) is 1. The minimum absolute atomic E-state index is 0.159. The first-order valence-corrected chi connectivity index (χ1v) is 3.61. The van der Waals surface area contributed by atoms with E-state index in [4.69, 9.17) is 5.73 Å². The van der Waals surface area contributed by atoms with Crippen molar-refractivity contribution in [3.8, 4) is 0 Å². The zero-order valence-corrected chi connectivity index (χ0v) is 7.10. The lowest BCUT2D eigenvalue weighted by molar-refractivity contribution is -0.0771. The van der Waals surface area contributed by atoms with Gasteiger partial charge in [-0.1, -0.05) is 6.07 Å². The molecule has 1 aromatic heterocycles. The van der Waals surface area contributed by atoms with Crippen LogP contribution in [0.5, 0.6) is 0 Å². The summed E-state index contributed by atoms with van der Waals surface area (Å²) >= 11 is 0. The summed E-state index contributed by atoms with van der Waals surface area (Å²) in [5, 5.41) is 9.18. The van der Waals surface area contributed by atoms with Gasteiger partial charge in [0.2, 0.25) is 0 Å². The number of methoxy groups -OCH3 is 1. The van der Waals surface area contributed by atoms with Crippen molar-refractivity contribution < 1.29 is 14.6 Å². The Kier molecular flexibility index (Phi) is 2.94. The van der Waals surface area contributed by atoms with E-state index in [9.17, 15) is 9.90 Å². The molecule has 0 saturated heterocycles. The molecule has 3 N–H and O–H groups in total. The molecule has 0 radical (unpaired) electrons. The lowest BCUT2D eigenvalue weighted by Gasteiger charge is -2.07. The zero-order chi connectivity index (χ0) is 9.84. The van der Waals surface area contributed by atoms with E-state index in [1.807, 2.05) is 0 Å². The molecule has 13 heavy (non-hydrogen) atoms. The molecule has 1 amide bonds. The number of carbonyl (C=O) groups is 1. The standard InChI is InChI=1S/C8H10N2O3/c1-13-8(12)5-2-3-6(7(9)11)10-4-5/h2-4,8,12H,1H3,(H2,9,11). The molecular weight excluding hydrogens is 172 g/mol. The first-order chi connectivity index (χ1) is 6.15. The average Bonchev–Trinajstić information content (AvgIpc) is 2.17. The van der Waals surface area contributed by atoms with Crippen LogP contribution in [0.2, 0.25) is 0 Å². The fourth-order valence-corrected chi connectivity index (χ4v) is 0.833. The second kappa shape index (κ2) is 3.97. The number of ether oxygens (including phenoxy) is 1. The predicted molar refractivity (Wildman–Crippen MR) is 44.7 cm³/mol. The summed E-state index contributed by atoms with van der Waals surface area (Å²) in [5.74, 6) is -0.599. The fourth-order valence-electron chi connectivity index (χ4n) is 0.833. The van der Waals surface area contributed by atoms with Crippen molar-refractivity contribution in [2.24, 2.45) is 5.73 Å². The Morgan fingerprint density at radius 3 is 2.77 bits per heavy atom. The number of hydrogen-bond donors (Lipinski definition) is 2. The number of amides is 1. The van der Waals surface area contributed by atoms with Crippen molar-refractivity contribution >= 4 is 5.91 Å². The monoisotopic (exact) mass is 182 g/mol. The van der Waals surface area contributed by atoms with Gasteiger partial charge in [-0.3, -0.25) is 9.78 Å². The molecule has 5 heteroatoms. The molecule has 0 aromatic carbocycles. The van der Waals surface area contributed by atoms with E-state index >= 15 is 0 Å². The van der Waals surface area contributed by atoms with Crippen LogP contribution in [0.1, 0.15) is 22.3 Å². The smallest absolute Gasteiger partial charge is 0.267 e. The van der Waals surface area contributed by atoms with Crippen molar-refractivity contribution in [2.75, 3.05) is 7.11 Å². The highest BCUT2D eigenvalue weighted by Crippen LogP contribution is 2.11. The topological polar surface area (TPSA) is 85.4 Å². The number of rotatable bonds is 3. The minimum atomic E-state index is -1.02. The van der Waals surface area contributed by atoms with Crippen LogP contribution in [-0.2, 0) is 4.74 Å². The van der Waals surface area contributed by atoms with E-state index in [1.165, 1.54) is 25.4 Å². The largest absolute Gasteiger partial charge is 0.364 e. The van der Waals surface area contributed by atoms with Crippen molar-refractivity contribution in [1.82, 2.24) is 4.98 Å². The molecular formula is C8H10N2O3. The lowest BCUT2D eigenvalue weighted by atomic mass is 10.2. The number of aliphatic hydroxyl groups is 1. The van der Waals surface area contributed by atoms with Crippen molar-refractivity contribution in [2.45, 2.75) is 6.29 Å². The van der Waals surface area contributed by atoms with Gasteiger partial charge in [0.05, 0.1) is 0 Å². The lowest BCUT2D eigenvalue weighted by Crippen LogP contribution is -2.13. The molecule has 0 spiro atoms. The molecule has 1 aromatic rings. The van der Waals surface area contributed by atoms with Gasteiger partial charge in [-0.25, -0.2) is 0 Å². The van der Waals surface area contributed by atoms with Gasteiger partial charge in [0.1, 0.15) is 5.69 Å². The molecule has 1 rings (SSSR count). The molecule has 0 bridgehead atoms. The number of primary amides is 1. The van der Waals surface area contributed by atoms with Crippen LogP contribution in [0.25, 0.3) is 0 Å². The van der Waals surface area contributed by atoms with Crippen LogP contribution in [0.15, 0.2) is 18.3 Å². The Morgan fingerprint density at radius 2 is 2.38 bits per heavy atom. The summed E-state index contributed by atoms with van der Waals surface area (Å²) in [4.78, 5) is 14.4. The van der Waals surface area contributed by atoms with E-state index in [0.29, 0.717) is 5.56 Å². The molecule has 0 saturated carbocycles. The molecule has 1 unspecified atom stereocenters. The van der Waals surface area contributed by atoms with Crippen LogP contribution in [-0.4, -0.2) is 23.1 Å². The van der Waals surface area contributed by atoms with Crippen molar-refractivity contribution in [3.63, 3.8) is 0 Å². The average molecular weight is 182 g/mol. The number of carbonyl (C=O) groups excluding carboxylic acids is 1. The second-order valence-electron chi connectivity index (χ2n) is 2.43. The molecule has 0 aliphatic carbocycles. The SMILES string of the molecule is COC(O)c1ccc(C(N)=O)nc1. The third-order valence-electron chi connectivity index (χ3n) is 1.55. The van der Waals surface area contributed by atoms with Crippen LogP contribution in [0.3, 0.4) is 0 Å².